The maximum atomic E-state index is 11.6. The largest absolute Gasteiger partial charge is 0.387 e. The number of hydrogen-bond acceptors (Lipinski definition) is 4. The Balaban J connectivity index is 1.99. The lowest BCUT2D eigenvalue weighted by Crippen LogP contribution is -2.39. The minimum atomic E-state index is -3.13. The number of aromatic nitrogens is 1. The number of hydrogen-bond donors (Lipinski definition) is 1. The number of pyridine rings is 1. The van der Waals surface area contributed by atoms with Crippen LogP contribution in [0, 0.1) is 12.8 Å². The van der Waals surface area contributed by atoms with Gasteiger partial charge in [-0.05, 0) is 49.8 Å². The fourth-order valence-electron chi connectivity index (χ4n) is 2.70. The molecule has 1 saturated heterocycles. The number of sulfonamides is 1. The SMILES string of the molecule is Cc1ccnc(C(O)CC2CCCN(S(C)(=O)=O)C2)c1. The standard InChI is InChI=1S/C14H22N2O3S/c1-11-5-6-15-13(8-11)14(17)9-12-4-3-7-16(10-12)20(2,18)19/h5-6,8,12,14,17H,3-4,7,9-10H2,1-2H3. The predicted molar refractivity (Wildman–Crippen MR) is 77.7 cm³/mol. The van der Waals surface area contributed by atoms with Gasteiger partial charge in [-0.15, -0.1) is 0 Å². The number of rotatable bonds is 4. The fraction of sp³-hybridized carbons (Fsp3) is 0.643. The Kier molecular flexibility index (Phi) is 4.78. The van der Waals surface area contributed by atoms with E-state index in [2.05, 4.69) is 4.98 Å². The Morgan fingerprint density at radius 1 is 1.55 bits per heavy atom. The van der Waals surface area contributed by atoms with E-state index in [1.54, 1.807) is 6.20 Å². The van der Waals surface area contributed by atoms with Gasteiger partial charge in [0, 0.05) is 19.3 Å². The summed E-state index contributed by atoms with van der Waals surface area (Å²) in [7, 11) is -3.13. The van der Waals surface area contributed by atoms with E-state index in [0.717, 1.165) is 18.4 Å². The molecule has 5 nitrogen and oxygen atoms in total. The molecule has 2 rings (SSSR count). The van der Waals surface area contributed by atoms with Gasteiger partial charge in [-0.1, -0.05) is 0 Å². The zero-order valence-electron chi connectivity index (χ0n) is 12.0. The van der Waals surface area contributed by atoms with Gasteiger partial charge in [-0.2, -0.15) is 0 Å². The van der Waals surface area contributed by atoms with Crippen molar-refractivity contribution < 1.29 is 13.5 Å². The fourth-order valence-corrected chi connectivity index (χ4v) is 3.64. The lowest BCUT2D eigenvalue weighted by atomic mass is 9.92. The van der Waals surface area contributed by atoms with E-state index in [9.17, 15) is 13.5 Å². The van der Waals surface area contributed by atoms with Crippen molar-refractivity contribution in [3.05, 3.63) is 29.6 Å². The third kappa shape index (κ3) is 4.01. The molecule has 112 valence electrons. The van der Waals surface area contributed by atoms with E-state index in [0.29, 0.717) is 25.2 Å². The average Bonchev–Trinajstić information content (AvgIpc) is 2.38. The normalized spacial score (nSPS) is 22.6. The molecule has 0 spiro atoms. The molecule has 1 aliphatic rings. The number of aryl methyl sites for hydroxylation is 1. The molecule has 6 heteroatoms. The van der Waals surface area contributed by atoms with Crippen LogP contribution < -0.4 is 0 Å². The molecule has 20 heavy (non-hydrogen) atoms. The van der Waals surface area contributed by atoms with Gasteiger partial charge in [0.05, 0.1) is 18.1 Å². The van der Waals surface area contributed by atoms with Crippen molar-refractivity contribution in [2.24, 2.45) is 5.92 Å². The van der Waals surface area contributed by atoms with Crippen LogP contribution in [0.5, 0.6) is 0 Å². The number of aliphatic hydroxyl groups is 1. The molecule has 2 atom stereocenters. The summed E-state index contributed by atoms with van der Waals surface area (Å²) < 4.78 is 24.7. The molecule has 0 bridgehead atoms. The van der Waals surface area contributed by atoms with Crippen LogP contribution in [0.3, 0.4) is 0 Å². The highest BCUT2D eigenvalue weighted by Crippen LogP contribution is 2.27. The third-order valence-electron chi connectivity index (χ3n) is 3.79. The van der Waals surface area contributed by atoms with Gasteiger partial charge in [0.15, 0.2) is 0 Å². The Morgan fingerprint density at radius 3 is 2.95 bits per heavy atom. The number of piperidine rings is 1. The van der Waals surface area contributed by atoms with Gasteiger partial charge in [0.25, 0.3) is 0 Å². The van der Waals surface area contributed by atoms with Gasteiger partial charge < -0.3 is 5.11 Å². The Labute approximate surface area is 120 Å². The van der Waals surface area contributed by atoms with Crippen molar-refractivity contribution in [2.75, 3.05) is 19.3 Å². The van der Waals surface area contributed by atoms with Gasteiger partial charge in [0.1, 0.15) is 0 Å². The quantitative estimate of drug-likeness (QED) is 0.914. The van der Waals surface area contributed by atoms with E-state index < -0.39 is 16.1 Å². The Hall–Kier alpha value is -0.980. The second-order valence-electron chi connectivity index (χ2n) is 5.64. The molecule has 0 aliphatic carbocycles. The summed E-state index contributed by atoms with van der Waals surface area (Å²) in [4.78, 5) is 4.19. The highest BCUT2D eigenvalue weighted by atomic mass is 32.2. The van der Waals surface area contributed by atoms with Crippen LogP contribution in [0.4, 0.5) is 0 Å². The summed E-state index contributed by atoms with van der Waals surface area (Å²) in [6.45, 7) is 3.06. The summed E-state index contributed by atoms with van der Waals surface area (Å²) in [6.07, 6.45) is 4.67. The lowest BCUT2D eigenvalue weighted by molar-refractivity contribution is 0.119. The molecule has 1 aromatic rings. The minimum Gasteiger partial charge on any atom is -0.387 e. The summed E-state index contributed by atoms with van der Waals surface area (Å²) in [5, 5.41) is 10.3. The zero-order chi connectivity index (χ0) is 14.8. The van der Waals surface area contributed by atoms with Gasteiger partial charge in [0.2, 0.25) is 10.0 Å². The summed E-state index contributed by atoms with van der Waals surface area (Å²) in [5.41, 5.74) is 1.73. The monoisotopic (exact) mass is 298 g/mol. The first-order valence-corrected chi connectivity index (χ1v) is 8.77. The van der Waals surface area contributed by atoms with Crippen molar-refractivity contribution in [3.8, 4) is 0 Å². The number of aliphatic hydroxyl groups excluding tert-OH is 1. The van der Waals surface area contributed by atoms with Gasteiger partial charge >= 0.3 is 0 Å². The second kappa shape index (κ2) is 6.20. The zero-order valence-corrected chi connectivity index (χ0v) is 12.8. The maximum Gasteiger partial charge on any atom is 0.211 e. The molecule has 0 saturated carbocycles. The summed E-state index contributed by atoms with van der Waals surface area (Å²) >= 11 is 0. The van der Waals surface area contributed by atoms with E-state index in [-0.39, 0.29) is 5.92 Å². The average molecular weight is 298 g/mol. The van der Waals surface area contributed by atoms with Crippen molar-refractivity contribution >= 4 is 10.0 Å². The van der Waals surface area contributed by atoms with Crippen LogP contribution in [-0.4, -0.2) is 42.2 Å². The molecule has 0 aromatic carbocycles. The first-order chi connectivity index (χ1) is 9.36. The molecule has 2 unspecified atom stereocenters. The summed E-state index contributed by atoms with van der Waals surface area (Å²) in [6, 6.07) is 3.77. The van der Waals surface area contributed by atoms with Crippen LogP contribution >= 0.6 is 0 Å². The van der Waals surface area contributed by atoms with Crippen LogP contribution in [0.1, 0.15) is 36.6 Å². The maximum absolute atomic E-state index is 11.6. The first kappa shape index (κ1) is 15.4. The summed E-state index contributed by atoms with van der Waals surface area (Å²) in [5.74, 6) is 0.191. The third-order valence-corrected chi connectivity index (χ3v) is 5.06. The first-order valence-electron chi connectivity index (χ1n) is 6.92. The molecule has 2 heterocycles. The molecule has 1 aromatic heterocycles. The predicted octanol–water partition coefficient (Wildman–Crippen LogP) is 1.49. The molecular formula is C14H22N2O3S. The molecular weight excluding hydrogens is 276 g/mol. The highest BCUT2D eigenvalue weighted by molar-refractivity contribution is 7.88. The number of nitrogens with zero attached hydrogens (tertiary/aromatic N) is 2. The van der Waals surface area contributed by atoms with Crippen LogP contribution in [0.15, 0.2) is 18.3 Å². The van der Waals surface area contributed by atoms with Gasteiger partial charge in [-0.25, -0.2) is 12.7 Å². The van der Waals surface area contributed by atoms with Crippen molar-refractivity contribution in [2.45, 2.75) is 32.3 Å². The second-order valence-corrected chi connectivity index (χ2v) is 7.62. The lowest BCUT2D eigenvalue weighted by Gasteiger charge is -2.31. The highest BCUT2D eigenvalue weighted by Gasteiger charge is 2.27. The van der Waals surface area contributed by atoms with Gasteiger partial charge in [-0.3, -0.25) is 4.98 Å². The van der Waals surface area contributed by atoms with Crippen molar-refractivity contribution in [1.29, 1.82) is 0 Å². The molecule has 1 N–H and O–H groups in total. The van der Waals surface area contributed by atoms with Crippen LogP contribution in [-0.2, 0) is 10.0 Å². The topological polar surface area (TPSA) is 70.5 Å². The molecule has 1 fully saturated rings. The van der Waals surface area contributed by atoms with Crippen LogP contribution in [0.25, 0.3) is 0 Å². The molecule has 0 amide bonds. The molecule has 1 aliphatic heterocycles. The Morgan fingerprint density at radius 2 is 2.30 bits per heavy atom. The smallest absolute Gasteiger partial charge is 0.211 e. The van der Waals surface area contributed by atoms with E-state index >= 15 is 0 Å². The van der Waals surface area contributed by atoms with Crippen LogP contribution in [0.2, 0.25) is 0 Å². The molecule has 0 radical (unpaired) electrons. The van der Waals surface area contributed by atoms with E-state index in [4.69, 9.17) is 0 Å². The Bertz CT molecular complexity index is 559. The van der Waals surface area contributed by atoms with Crippen molar-refractivity contribution in [3.63, 3.8) is 0 Å². The minimum absolute atomic E-state index is 0.191. The van der Waals surface area contributed by atoms with Crippen molar-refractivity contribution in [1.82, 2.24) is 9.29 Å². The van der Waals surface area contributed by atoms with E-state index in [1.165, 1.54) is 10.6 Å². The van der Waals surface area contributed by atoms with E-state index in [1.807, 2.05) is 19.1 Å².